The summed E-state index contributed by atoms with van der Waals surface area (Å²) in [5.41, 5.74) is 7.66. The number of nitrogens with zero attached hydrogens (tertiary/aromatic N) is 2. The van der Waals surface area contributed by atoms with Crippen LogP contribution in [-0.2, 0) is 16.1 Å². The van der Waals surface area contributed by atoms with Crippen LogP contribution in [0.4, 0.5) is 24.5 Å². The Morgan fingerprint density at radius 2 is 1.66 bits per heavy atom. The van der Waals surface area contributed by atoms with Crippen LogP contribution in [0.15, 0.2) is 54.6 Å². The van der Waals surface area contributed by atoms with Gasteiger partial charge >= 0.3 is 6.18 Å². The highest BCUT2D eigenvalue weighted by molar-refractivity contribution is 6.01. The van der Waals surface area contributed by atoms with E-state index >= 15 is 0 Å². The molecule has 1 aliphatic rings. The van der Waals surface area contributed by atoms with Gasteiger partial charge < -0.3 is 20.3 Å². The monoisotopic (exact) mass is 429 g/mol. The second-order valence-electron chi connectivity index (χ2n) is 6.62. The molecule has 1 heterocycles. The van der Waals surface area contributed by atoms with Crippen LogP contribution >= 0.6 is 12.4 Å². The maximum Gasteiger partial charge on any atom is 0.405 e. The summed E-state index contributed by atoms with van der Waals surface area (Å²) >= 11 is 0. The van der Waals surface area contributed by atoms with Gasteiger partial charge in [0, 0.05) is 13.1 Å². The van der Waals surface area contributed by atoms with E-state index in [-0.39, 0.29) is 32.1 Å². The number of ether oxygens (including phenoxy) is 1. The summed E-state index contributed by atoms with van der Waals surface area (Å²) in [7, 11) is 0. The highest BCUT2D eigenvalue weighted by Gasteiger charge is 2.37. The van der Waals surface area contributed by atoms with E-state index in [0.717, 1.165) is 10.5 Å². The van der Waals surface area contributed by atoms with E-state index in [1.165, 1.54) is 4.90 Å². The molecule has 0 saturated carbocycles. The Hall–Kier alpha value is -2.29. The minimum atomic E-state index is -4.40. The number of alkyl halides is 3. The van der Waals surface area contributed by atoms with Crippen molar-refractivity contribution in [3.05, 3.63) is 60.2 Å². The molecule has 0 radical (unpaired) electrons. The van der Waals surface area contributed by atoms with E-state index in [2.05, 4.69) is 0 Å². The molecule has 0 aromatic heterocycles. The predicted molar refractivity (Wildman–Crippen MR) is 108 cm³/mol. The maximum absolute atomic E-state index is 13.0. The van der Waals surface area contributed by atoms with Gasteiger partial charge in [0.1, 0.15) is 12.6 Å². The fraction of sp³-hybridized carbons (Fsp3) is 0.350. The van der Waals surface area contributed by atoms with Gasteiger partial charge in [-0.1, -0.05) is 42.5 Å². The van der Waals surface area contributed by atoms with E-state index in [9.17, 15) is 18.0 Å². The molecule has 0 fully saturated rings. The van der Waals surface area contributed by atoms with Crippen LogP contribution in [0.3, 0.4) is 0 Å². The standard InChI is InChI=1S/C20H22F3N3O2.ClH/c21-20(22,23)14-25-12-16(24)19(27)26(18-9-5-4-8-17(18)25)10-11-28-13-15-6-2-1-3-7-15;/h1-9,16H,10-14,24H2;1H. The van der Waals surface area contributed by atoms with Crippen molar-refractivity contribution in [1.82, 2.24) is 0 Å². The fourth-order valence-corrected chi connectivity index (χ4v) is 3.21. The number of amides is 1. The number of anilines is 2. The molecule has 2 N–H and O–H groups in total. The molecule has 3 rings (SSSR count). The van der Waals surface area contributed by atoms with Crippen molar-refractivity contribution < 1.29 is 22.7 Å². The molecule has 1 aliphatic heterocycles. The van der Waals surface area contributed by atoms with Crippen LogP contribution in [0.1, 0.15) is 5.56 Å². The molecule has 1 amide bonds. The van der Waals surface area contributed by atoms with Crippen LogP contribution in [0.5, 0.6) is 0 Å². The Labute approximate surface area is 173 Å². The number of carbonyl (C=O) groups is 1. The van der Waals surface area contributed by atoms with Gasteiger partial charge in [0.25, 0.3) is 0 Å². The Morgan fingerprint density at radius 1 is 1.03 bits per heavy atom. The van der Waals surface area contributed by atoms with E-state index in [4.69, 9.17) is 10.5 Å². The van der Waals surface area contributed by atoms with Gasteiger partial charge in [-0.3, -0.25) is 4.79 Å². The average molecular weight is 430 g/mol. The van der Waals surface area contributed by atoms with E-state index in [1.807, 2.05) is 30.3 Å². The molecule has 2 aromatic carbocycles. The molecular weight excluding hydrogens is 407 g/mol. The lowest BCUT2D eigenvalue weighted by molar-refractivity contribution is -0.122. The van der Waals surface area contributed by atoms with E-state index < -0.39 is 24.7 Å². The molecular formula is C20H23ClF3N3O2. The summed E-state index contributed by atoms with van der Waals surface area (Å²) in [6, 6.07) is 15.1. The molecule has 2 aromatic rings. The van der Waals surface area contributed by atoms with Gasteiger partial charge in [-0.25, -0.2) is 0 Å². The SMILES string of the molecule is Cl.NC1CN(CC(F)(F)F)c2ccccc2N(CCOCc2ccccc2)C1=O. The molecule has 158 valence electrons. The van der Waals surface area contributed by atoms with Crippen molar-refractivity contribution in [2.45, 2.75) is 18.8 Å². The van der Waals surface area contributed by atoms with Gasteiger partial charge in [-0.2, -0.15) is 13.2 Å². The van der Waals surface area contributed by atoms with Gasteiger partial charge in [0.15, 0.2) is 0 Å². The Bertz CT molecular complexity index is 805. The Balaban J connectivity index is 0.00000300. The summed E-state index contributed by atoms with van der Waals surface area (Å²) < 4.78 is 44.6. The van der Waals surface area contributed by atoms with Gasteiger partial charge in [-0.05, 0) is 17.7 Å². The van der Waals surface area contributed by atoms with Crippen molar-refractivity contribution in [3.8, 4) is 0 Å². The van der Waals surface area contributed by atoms with E-state index in [0.29, 0.717) is 18.0 Å². The van der Waals surface area contributed by atoms with E-state index in [1.54, 1.807) is 24.3 Å². The van der Waals surface area contributed by atoms with Crippen LogP contribution in [0.25, 0.3) is 0 Å². The second-order valence-corrected chi connectivity index (χ2v) is 6.62. The third-order valence-corrected chi connectivity index (χ3v) is 4.45. The molecule has 29 heavy (non-hydrogen) atoms. The first kappa shape index (κ1) is 23.0. The number of fused-ring (bicyclic) bond motifs is 1. The summed E-state index contributed by atoms with van der Waals surface area (Å²) in [5, 5.41) is 0. The topological polar surface area (TPSA) is 58.8 Å². The number of para-hydroxylation sites is 2. The largest absolute Gasteiger partial charge is 0.405 e. The maximum atomic E-state index is 13.0. The summed E-state index contributed by atoms with van der Waals surface area (Å²) in [5.74, 6) is -0.416. The van der Waals surface area contributed by atoms with Crippen molar-refractivity contribution in [2.75, 3.05) is 36.0 Å². The number of carbonyl (C=O) groups excluding carboxylic acids is 1. The predicted octanol–water partition coefficient (Wildman–Crippen LogP) is 3.37. The zero-order chi connectivity index (χ0) is 20.1. The Kier molecular flexibility index (Phi) is 7.89. The number of benzene rings is 2. The first-order valence-corrected chi connectivity index (χ1v) is 8.94. The molecule has 1 unspecified atom stereocenters. The number of hydrogen-bond donors (Lipinski definition) is 1. The number of rotatable bonds is 6. The quantitative estimate of drug-likeness (QED) is 0.715. The minimum Gasteiger partial charge on any atom is -0.375 e. The van der Waals surface area contributed by atoms with Gasteiger partial charge in [-0.15, -0.1) is 12.4 Å². The third kappa shape index (κ3) is 6.09. The third-order valence-electron chi connectivity index (χ3n) is 4.45. The zero-order valence-electron chi connectivity index (χ0n) is 15.6. The number of halogens is 4. The number of nitrogens with two attached hydrogens (primary N) is 1. The molecule has 0 aliphatic carbocycles. The van der Waals surface area contributed by atoms with Gasteiger partial charge in [0.2, 0.25) is 5.91 Å². The summed E-state index contributed by atoms with van der Waals surface area (Å²) in [6.45, 7) is -0.534. The first-order valence-electron chi connectivity index (χ1n) is 8.94. The van der Waals surface area contributed by atoms with Crippen LogP contribution in [0.2, 0.25) is 0 Å². The van der Waals surface area contributed by atoms with Gasteiger partial charge in [0.05, 0.1) is 24.6 Å². The van der Waals surface area contributed by atoms with Crippen LogP contribution < -0.4 is 15.5 Å². The molecule has 9 heteroatoms. The molecule has 0 saturated heterocycles. The minimum absolute atomic E-state index is 0. The number of hydrogen-bond acceptors (Lipinski definition) is 4. The van der Waals surface area contributed by atoms with Crippen molar-refractivity contribution in [2.24, 2.45) is 5.73 Å². The average Bonchev–Trinajstić information content (AvgIpc) is 2.75. The van der Waals surface area contributed by atoms with Crippen molar-refractivity contribution in [3.63, 3.8) is 0 Å². The Morgan fingerprint density at radius 3 is 2.31 bits per heavy atom. The second kappa shape index (κ2) is 9.96. The molecule has 5 nitrogen and oxygen atoms in total. The normalized spacial score (nSPS) is 16.8. The molecule has 0 bridgehead atoms. The lowest BCUT2D eigenvalue weighted by Crippen LogP contribution is -2.49. The molecule has 0 spiro atoms. The molecule has 1 atom stereocenters. The highest BCUT2D eigenvalue weighted by atomic mass is 35.5. The lowest BCUT2D eigenvalue weighted by atomic mass is 10.2. The highest BCUT2D eigenvalue weighted by Crippen LogP contribution is 2.34. The fourth-order valence-electron chi connectivity index (χ4n) is 3.21. The lowest BCUT2D eigenvalue weighted by Gasteiger charge is -2.27. The van der Waals surface area contributed by atoms with Crippen LogP contribution in [0, 0.1) is 0 Å². The zero-order valence-corrected chi connectivity index (χ0v) is 16.5. The van der Waals surface area contributed by atoms with Crippen molar-refractivity contribution in [1.29, 1.82) is 0 Å². The summed E-state index contributed by atoms with van der Waals surface area (Å²) in [4.78, 5) is 15.3. The summed E-state index contributed by atoms with van der Waals surface area (Å²) in [6.07, 6.45) is -4.40. The first-order chi connectivity index (χ1) is 13.3. The van der Waals surface area contributed by atoms with Crippen LogP contribution in [-0.4, -0.2) is 44.4 Å². The smallest absolute Gasteiger partial charge is 0.375 e. The van der Waals surface area contributed by atoms with Crippen molar-refractivity contribution >= 4 is 29.7 Å².